The van der Waals surface area contributed by atoms with Crippen molar-refractivity contribution in [3.63, 3.8) is 0 Å². The molecular weight excluding hydrogens is 611 g/mol. The molecule has 0 aliphatic heterocycles. The molecule has 0 saturated heterocycles. The van der Waals surface area contributed by atoms with Crippen molar-refractivity contribution in [2.45, 2.75) is 31.9 Å². The third kappa shape index (κ3) is 5.97. The third-order valence-corrected chi connectivity index (χ3v) is 8.22. The van der Waals surface area contributed by atoms with Crippen molar-refractivity contribution < 1.29 is 23.9 Å². The maximum Gasteiger partial charge on any atom is 0.337 e. The van der Waals surface area contributed by atoms with Gasteiger partial charge in [-0.1, -0.05) is 57.9 Å². The number of nitrogens with zero attached hydrogens (tertiary/aromatic N) is 2. The maximum absolute atomic E-state index is 12.3. The van der Waals surface area contributed by atoms with E-state index in [0.29, 0.717) is 61.2 Å². The van der Waals surface area contributed by atoms with Crippen molar-refractivity contribution >= 4 is 51.7 Å². The maximum atomic E-state index is 12.3. The number of benzene rings is 3. The van der Waals surface area contributed by atoms with Crippen LogP contribution in [0.15, 0.2) is 65.3 Å². The first-order valence-electron chi connectivity index (χ1n) is 13.6. The van der Waals surface area contributed by atoms with Crippen LogP contribution in [-0.2, 0) is 17.9 Å². The smallest absolute Gasteiger partial charge is 0.337 e. The van der Waals surface area contributed by atoms with Gasteiger partial charge in [-0.05, 0) is 55.3 Å². The summed E-state index contributed by atoms with van der Waals surface area (Å²) in [6.07, 6.45) is 3.90. The molecule has 0 unspecified atom stereocenters. The van der Waals surface area contributed by atoms with Gasteiger partial charge in [-0.2, -0.15) is 0 Å². The van der Waals surface area contributed by atoms with Crippen LogP contribution in [0, 0.1) is 11.8 Å². The number of aliphatic hydroxyl groups excluding tert-OH is 1. The molecular formula is C33H25Cl3N2O5. The number of aromatic nitrogens is 2. The highest BCUT2D eigenvalue weighted by molar-refractivity contribution is 6.39. The second kappa shape index (κ2) is 12.4. The van der Waals surface area contributed by atoms with Crippen LogP contribution in [0.3, 0.4) is 0 Å². The van der Waals surface area contributed by atoms with Gasteiger partial charge in [0.05, 0.1) is 45.4 Å². The zero-order valence-electron chi connectivity index (χ0n) is 23.0. The van der Waals surface area contributed by atoms with Gasteiger partial charge in [-0.15, -0.1) is 0 Å². The summed E-state index contributed by atoms with van der Waals surface area (Å²) in [6.45, 7) is 0.542. The summed E-state index contributed by atoms with van der Waals surface area (Å²) in [5, 5.41) is 16.0. The molecule has 0 atom stereocenters. The summed E-state index contributed by atoms with van der Waals surface area (Å²) >= 11 is 19.6. The average Bonchev–Trinajstić information content (AvgIpc) is 3.64. The number of aliphatic hydroxyl groups is 1. The van der Waals surface area contributed by atoms with E-state index in [1.807, 2.05) is 16.8 Å². The number of hydrogen-bond donors (Lipinski definition) is 1. The fourth-order valence-corrected chi connectivity index (χ4v) is 5.76. The average molecular weight is 636 g/mol. The highest BCUT2D eigenvalue weighted by atomic mass is 35.5. The number of carbonyl (C=O) groups excluding carboxylic acids is 1. The molecule has 1 fully saturated rings. The van der Waals surface area contributed by atoms with Gasteiger partial charge in [0.15, 0.2) is 0 Å². The van der Waals surface area contributed by atoms with Gasteiger partial charge < -0.3 is 23.7 Å². The Morgan fingerprint density at radius 1 is 1.05 bits per heavy atom. The van der Waals surface area contributed by atoms with Crippen LogP contribution < -0.4 is 4.74 Å². The van der Waals surface area contributed by atoms with Crippen LogP contribution >= 0.6 is 34.8 Å². The van der Waals surface area contributed by atoms with Gasteiger partial charge in [-0.25, -0.2) is 4.79 Å². The Morgan fingerprint density at radius 2 is 1.81 bits per heavy atom. The number of carbonyl (C=O) groups is 1. The fourth-order valence-electron chi connectivity index (χ4n) is 4.96. The molecule has 1 N–H and O–H groups in total. The summed E-state index contributed by atoms with van der Waals surface area (Å²) in [5.41, 5.74) is 4.35. The molecule has 0 amide bonds. The molecule has 0 bridgehead atoms. The van der Waals surface area contributed by atoms with Crippen LogP contribution in [-0.4, -0.2) is 34.5 Å². The number of hydrogen-bond acceptors (Lipinski definition) is 6. The lowest BCUT2D eigenvalue weighted by Crippen LogP contribution is -2.04. The largest absolute Gasteiger partial charge is 0.489 e. The van der Waals surface area contributed by atoms with Crippen molar-refractivity contribution in [2.24, 2.45) is 0 Å². The predicted octanol–water partition coefficient (Wildman–Crippen LogP) is 7.89. The van der Waals surface area contributed by atoms with E-state index in [2.05, 4.69) is 17.0 Å². The first-order chi connectivity index (χ1) is 20.9. The van der Waals surface area contributed by atoms with E-state index in [1.165, 1.54) is 7.11 Å². The molecule has 6 rings (SSSR count). The van der Waals surface area contributed by atoms with E-state index in [4.69, 9.17) is 48.8 Å². The standard InChI is InChI=1S/C33H25Cl3N2O5/c1-41-33(40)22-15-21(24-11-12-38(13-14-39)29(24)16-22)8-5-19-9-10-23(17-28(19)36)42-18-25-31(37-43-32(25)20-6-7-20)30-26(34)3-2-4-27(30)35/h2-4,9-12,15-17,20,39H,6-7,13-14,18H2,1H3. The van der Waals surface area contributed by atoms with E-state index in [-0.39, 0.29) is 13.2 Å². The summed E-state index contributed by atoms with van der Waals surface area (Å²) in [7, 11) is 1.33. The number of halogens is 3. The lowest BCUT2D eigenvalue weighted by Gasteiger charge is -2.10. The number of ether oxygens (including phenoxy) is 2. The molecule has 3 aromatic carbocycles. The van der Waals surface area contributed by atoms with Crippen LogP contribution in [0.2, 0.25) is 15.1 Å². The highest BCUT2D eigenvalue weighted by Crippen LogP contribution is 2.46. The predicted molar refractivity (Wildman–Crippen MR) is 166 cm³/mol. The Kier molecular flexibility index (Phi) is 8.38. The minimum atomic E-state index is -0.473. The zero-order valence-corrected chi connectivity index (χ0v) is 25.3. The first kappa shape index (κ1) is 29.2. The van der Waals surface area contributed by atoms with Crippen LogP contribution in [0.4, 0.5) is 0 Å². The summed E-state index contributed by atoms with van der Waals surface area (Å²) < 4.78 is 18.7. The molecule has 43 heavy (non-hydrogen) atoms. The molecule has 1 aliphatic rings. The molecule has 1 saturated carbocycles. The summed E-state index contributed by atoms with van der Waals surface area (Å²) in [6, 6.07) is 15.9. The molecule has 10 heteroatoms. The van der Waals surface area contributed by atoms with Crippen molar-refractivity contribution in [1.82, 2.24) is 9.72 Å². The Bertz CT molecular complexity index is 1890. The number of esters is 1. The van der Waals surface area contributed by atoms with Crippen molar-refractivity contribution in [3.05, 3.63) is 104 Å². The van der Waals surface area contributed by atoms with E-state index in [9.17, 15) is 9.90 Å². The van der Waals surface area contributed by atoms with Gasteiger partial charge in [0.1, 0.15) is 23.8 Å². The second-order valence-corrected chi connectivity index (χ2v) is 11.3. The molecule has 7 nitrogen and oxygen atoms in total. The normalized spacial score (nSPS) is 12.7. The molecule has 2 heterocycles. The van der Waals surface area contributed by atoms with Crippen LogP contribution in [0.25, 0.3) is 22.2 Å². The van der Waals surface area contributed by atoms with Gasteiger partial charge in [0, 0.05) is 46.8 Å². The summed E-state index contributed by atoms with van der Waals surface area (Å²) in [4.78, 5) is 12.3. The Morgan fingerprint density at radius 3 is 2.51 bits per heavy atom. The lowest BCUT2D eigenvalue weighted by molar-refractivity contribution is 0.0601. The van der Waals surface area contributed by atoms with Crippen molar-refractivity contribution in [2.75, 3.05) is 13.7 Å². The topological polar surface area (TPSA) is 86.7 Å². The molecule has 0 radical (unpaired) electrons. The Balaban J connectivity index is 1.27. The van der Waals surface area contributed by atoms with Crippen LogP contribution in [0.1, 0.15) is 51.6 Å². The quantitative estimate of drug-likeness (QED) is 0.138. The highest BCUT2D eigenvalue weighted by Gasteiger charge is 2.33. The van der Waals surface area contributed by atoms with E-state index in [1.54, 1.807) is 48.5 Å². The molecule has 5 aromatic rings. The lowest BCUT2D eigenvalue weighted by atomic mass is 10.0. The van der Waals surface area contributed by atoms with Crippen molar-refractivity contribution in [1.29, 1.82) is 0 Å². The van der Waals surface area contributed by atoms with Gasteiger partial charge in [-0.3, -0.25) is 0 Å². The minimum Gasteiger partial charge on any atom is -0.489 e. The monoisotopic (exact) mass is 634 g/mol. The second-order valence-electron chi connectivity index (χ2n) is 10.1. The number of methoxy groups -OCH3 is 1. The third-order valence-electron chi connectivity index (χ3n) is 7.27. The van der Waals surface area contributed by atoms with Gasteiger partial charge in [0.25, 0.3) is 0 Å². The Labute approximate surface area is 262 Å². The SMILES string of the molecule is COC(=O)c1cc(C#Cc2ccc(OCc3c(-c4c(Cl)cccc4Cl)noc3C3CC3)cc2Cl)c2ccn(CCO)c2c1. The molecule has 218 valence electrons. The first-order valence-corrected chi connectivity index (χ1v) is 14.7. The fraction of sp³-hybridized carbons (Fsp3) is 0.212. The van der Waals surface area contributed by atoms with Gasteiger partial charge in [0.2, 0.25) is 0 Å². The zero-order chi connectivity index (χ0) is 30.1. The van der Waals surface area contributed by atoms with E-state index < -0.39 is 5.97 Å². The van der Waals surface area contributed by atoms with Gasteiger partial charge >= 0.3 is 5.97 Å². The van der Waals surface area contributed by atoms with E-state index >= 15 is 0 Å². The van der Waals surface area contributed by atoms with Crippen molar-refractivity contribution in [3.8, 4) is 28.8 Å². The molecule has 1 aliphatic carbocycles. The molecule has 2 aromatic heterocycles. The molecule has 0 spiro atoms. The summed E-state index contributed by atoms with van der Waals surface area (Å²) in [5.74, 6) is 7.43. The van der Waals surface area contributed by atoms with Crippen LogP contribution in [0.5, 0.6) is 5.75 Å². The van der Waals surface area contributed by atoms with E-state index in [0.717, 1.165) is 35.1 Å². The number of rotatable bonds is 8. The minimum absolute atomic E-state index is 0.0364. The number of fused-ring (bicyclic) bond motifs is 1. The Hall–Kier alpha value is -3.93.